The molecule has 0 aromatic heterocycles. The molecular formula is C29H33F3N2O4. The Hall–Kier alpha value is -3.07. The minimum Gasteiger partial charge on any atom is -0.489 e. The highest BCUT2D eigenvalue weighted by Crippen LogP contribution is 2.42. The molecule has 3 aliphatic rings. The van der Waals surface area contributed by atoms with E-state index in [2.05, 4.69) is 0 Å². The number of fused-ring (bicyclic) bond motifs is 1. The quantitative estimate of drug-likeness (QED) is 0.503. The molecule has 1 atom stereocenters. The monoisotopic (exact) mass is 530 g/mol. The summed E-state index contributed by atoms with van der Waals surface area (Å²) in [6.45, 7) is 1.83. The number of alkyl halides is 3. The molecule has 0 spiro atoms. The molecule has 2 aromatic rings. The van der Waals surface area contributed by atoms with Crippen LogP contribution < -0.4 is 9.64 Å². The molecule has 1 N–H and O–H groups in total. The number of rotatable bonds is 7. The van der Waals surface area contributed by atoms with Crippen LogP contribution in [-0.4, -0.2) is 48.1 Å². The molecule has 0 bridgehead atoms. The van der Waals surface area contributed by atoms with Crippen molar-refractivity contribution in [3.63, 3.8) is 0 Å². The van der Waals surface area contributed by atoms with Crippen molar-refractivity contribution in [1.29, 1.82) is 0 Å². The molecule has 1 amide bonds. The van der Waals surface area contributed by atoms with Crippen molar-refractivity contribution < 1.29 is 32.6 Å². The van der Waals surface area contributed by atoms with E-state index in [1.807, 2.05) is 17.0 Å². The molecule has 9 heteroatoms. The first kappa shape index (κ1) is 26.5. The number of amides is 1. The largest absolute Gasteiger partial charge is 0.489 e. The first-order chi connectivity index (χ1) is 18.2. The molecule has 0 radical (unpaired) electrons. The third-order valence-electron chi connectivity index (χ3n) is 8.08. The van der Waals surface area contributed by atoms with E-state index < -0.39 is 23.6 Å². The maximum Gasteiger partial charge on any atom is 0.416 e. The second-order valence-corrected chi connectivity index (χ2v) is 10.7. The Morgan fingerprint density at radius 3 is 2.53 bits per heavy atom. The number of carboxylic acids is 1. The lowest BCUT2D eigenvalue weighted by Gasteiger charge is -2.31. The number of ether oxygens (including phenoxy) is 1. The summed E-state index contributed by atoms with van der Waals surface area (Å²) in [6, 6.07) is 9.97. The SMILES string of the molecule is O=C(O)[C@@H]1CCCN(CC(=O)N2CCc3cc(OCc4ccc(C5CCCC5)c(C(F)(F)F)c4)ccc32)C1. The highest BCUT2D eigenvalue weighted by Gasteiger charge is 2.36. The second-order valence-electron chi connectivity index (χ2n) is 10.7. The van der Waals surface area contributed by atoms with E-state index in [1.165, 1.54) is 6.07 Å². The maximum absolute atomic E-state index is 13.8. The van der Waals surface area contributed by atoms with Gasteiger partial charge in [0.25, 0.3) is 0 Å². The number of carbonyl (C=O) groups excluding carboxylic acids is 1. The zero-order chi connectivity index (χ0) is 26.9. The molecule has 204 valence electrons. The predicted molar refractivity (Wildman–Crippen MR) is 136 cm³/mol. The normalized spacial score (nSPS) is 20.5. The van der Waals surface area contributed by atoms with Crippen LogP contribution in [0.15, 0.2) is 36.4 Å². The molecule has 2 aromatic carbocycles. The van der Waals surface area contributed by atoms with Crippen LogP contribution in [0.5, 0.6) is 5.75 Å². The summed E-state index contributed by atoms with van der Waals surface area (Å²) in [7, 11) is 0. The molecule has 5 rings (SSSR count). The Kier molecular flexibility index (Phi) is 7.66. The first-order valence-electron chi connectivity index (χ1n) is 13.4. The van der Waals surface area contributed by atoms with Gasteiger partial charge in [-0.3, -0.25) is 14.5 Å². The van der Waals surface area contributed by atoms with Gasteiger partial charge in [0.1, 0.15) is 12.4 Å². The topological polar surface area (TPSA) is 70.1 Å². The van der Waals surface area contributed by atoms with E-state index in [0.717, 1.165) is 43.4 Å². The van der Waals surface area contributed by atoms with Gasteiger partial charge in [0.05, 0.1) is 18.0 Å². The van der Waals surface area contributed by atoms with Crippen LogP contribution in [0.3, 0.4) is 0 Å². The molecule has 0 unspecified atom stereocenters. The van der Waals surface area contributed by atoms with Crippen molar-refractivity contribution in [2.24, 2.45) is 5.92 Å². The van der Waals surface area contributed by atoms with Gasteiger partial charge in [0, 0.05) is 18.8 Å². The van der Waals surface area contributed by atoms with Crippen molar-refractivity contribution in [2.75, 3.05) is 31.1 Å². The van der Waals surface area contributed by atoms with E-state index >= 15 is 0 Å². The van der Waals surface area contributed by atoms with Gasteiger partial charge in [0.2, 0.25) is 5.91 Å². The third-order valence-corrected chi connectivity index (χ3v) is 8.08. The van der Waals surface area contributed by atoms with E-state index in [4.69, 9.17) is 4.74 Å². The van der Waals surface area contributed by atoms with Crippen LogP contribution >= 0.6 is 0 Å². The summed E-state index contributed by atoms with van der Waals surface area (Å²) >= 11 is 0. The van der Waals surface area contributed by atoms with Crippen LogP contribution in [0.4, 0.5) is 18.9 Å². The maximum atomic E-state index is 13.8. The average Bonchev–Trinajstić information content (AvgIpc) is 3.57. The third kappa shape index (κ3) is 5.82. The molecule has 6 nitrogen and oxygen atoms in total. The van der Waals surface area contributed by atoms with Crippen LogP contribution in [-0.2, 0) is 28.8 Å². The number of nitrogens with zero attached hydrogens (tertiary/aromatic N) is 2. The number of benzene rings is 2. The number of halogens is 3. The van der Waals surface area contributed by atoms with Gasteiger partial charge >= 0.3 is 12.1 Å². The predicted octanol–water partition coefficient (Wildman–Crippen LogP) is 5.63. The fourth-order valence-electron chi connectivity index (χ4n) is 6.10. The van der Waals surface area contributed by atoms with Crippen LogP contribution in [0, 0.1) is 5.92 Å². The van der Waals surface area contributed by atoms with Gasteiger partial charge in [-0.15, -0.1) is 0 Å². The van der Waals surface area contributed by atoms with Gasteiger partial charge < -0.3 is 14.7 Å². The van der Waals surface area contributed by atoms with Crippen molar-refractivity contribution in [2.45, 2.75) is 63.6 Å². The number of carbonyl (C=O) groups is 2. The lowest BCUT2D eigenvalue weighted by atomic mass is 9.91. The summed E-state index contributed by atoms with van der Waals surface area (Å²) in [4.78, 5) is 28.0. The van der Waals surface area contributed by atoms with E-state index in [1.54, 1.807) is 23.1 Å². The molecular weight excluding hydrogens is 497 g/mol. The molecule has 2 fully saturated rings. The zero-order valence-electron chi connectivity index (χ0n) is 21.3. The Morgan fingerprint density at radius 1 is 1.00 bits per heavy atom. The van der Waals surface area contributed by atoms with Gasteiger partial charge in [-0.05, 0) is 85.5 Å². The standard InChI is InChI=1S/C29H33F3N2O4/c30-29(31,32)25-14-19(7-9-24(25)20-4-1-2-5-20)18-38-23-8-10-26-21(15-23)11-13-34(26)27(35)17-33-12-3-6-22(16-33)28(36)37/h7-10,14-15,20,22H,1-6,11-13,16-18H2,(H,36,37)/t22-/m1/s1. The number of hydrogen-bond acceptors (Lipinski definition) is 4. The van der Waals surface area contributed by atoms with Gasteiger partial charge in [-0.2, -0.15) is 13.2 Å². The Balaban J connectivity index is 1.22. The zero-order valence-corrected chi connectivity index (χ0v) is 21.3. The molecule has 1 aliphatic carbocycles. The minimum absolute atomic E-state index is 0.0230. The minimum atomic E-state index is -4.40. The van der Waals surface area contributed by atoms with Crippen molar-refractivity contribution in [3.8, 4) is 5.75 Å². The summed E-state index contributed by atoms with van der Waals surface area (Å²) in [6.07, 6.45) is 1.19. The number of piperidine rings is 1. The second kappa shape index (κ2) is 11.0. The van der Waals surface area contributed by atoms with Crippen LogP contribution in [0.2, 0.25) is 0 Å². The number of hydrogen-bond donors (Lipinski definition) is 1. The summed E-state index contributed by atoms with van der Waals surface area (Å²) < 4.78 is 47.3. The summed E-state index contributed by atoms with van der Waals surface area (Å²) in [5.41, 5.74) is 2.05. The molecule has 1 saturated carbocycles. The Bertz CT molecular complexity index is 1190. The fourth-order valence-corrected chi connectivity index (χ4v) is 6.10. The van der Waals surface area contributed by atoms with Crippen molar-refractivity contribution in [3.05, 3.63) is 58.7 Å². The molecule has 2 heterocycles. The van der Waals surface area contributed by atoms with Crippen LogP contribution in [0.25, 0.3) is 0 Å². The van der Waals surface area contributed by atoms with Crippen LogP contribution in [0.1, 0.15) is 66.7 Å². The molecule has 38 heavy (non-hydrogen) atoms. The van der Waals surface area contributed by atoms with Crippen molar-refractivity contribution >= 4 is 17.6 Å². The first-order valence-corrected chi connectivity index (χ1v) is 13.4. The molecule has 1 saturated heterocycles. The van der Waals surface area contributed by atoms with Gasteiger partial charge in [0.15, 0.2) is 0 Å². The average molecular weight is 531 g/mol. The lowest BCUT2D eigenvalue weighted by molar-refractivity contribution is -0.144. The van der Waals surface area contributed by atoms with Gasteiger partial charge in [-0.25, -0.2) is 0 Å². The summed E-state index contributed by atoms with van der Waals surface area (Å²) in [5, 5.41) is 9.30. The number of likely N-dealkylation sites (tertiary alicyclic amines) is 1. The van der Waals surface area contributed by atoms with Gasteiger partial charge in [-0.1, -0.05) is 25.0 Å². The summed E-state index contributed by atoms with van der Waals surface area (Å²) in [5.74, 6) is -0.802. The Morgan fingerprint density at radius 2 is 1.79 bits per heavy atom. The highest BCUT2D eigenvalue weighted by atomic mass is 19.4. The number of aliphatic carboxylic acids is 1. The number of carboxylic acid groups (broad SMARTS) is 1. The van der Waals surface area contributed by atoms with Crippen molar-refractivity contribution in [1.82, 2.24) is 4.90 Å². The van der Waals surface area contributed by atoms with E-state index in [-0.39, 0.29) is 25.0 Å². The van der Waals surface area contributed by atoms with E-state index in [0.29, 0.717) is 49.4 Å². The smallest absolute Gasteiger partial charge is 0.416 e. The Labute approximate surface area is 220 Å². The molecule has 2 aliphatic heterocycles. The fraction of sp³-hybridized carbons (Fsp3) is 0.517. The highest BCUT2D eigenvalue weighted by molar-refractivity contribution is 5.97. The lowest BCUT2D eigenvalue weighted by Crippen LogP contribution is -2.45. The van der Waals surface area contributed by atoms with E-state index in [9.17, 15) is 27.9 Å². The number of anilines is 1.